The molecule has 10 heteroatoms. The fraction of sp³-hybridized carbons (Fsp3) is 0.667. The molecule has 0 aromatic carbocycles. The molecule has 0 saturated heterocycles. The van der Waals surface area contributed by atoms with Crippen LogP contribution in [-0.4, -0.2) is 61.6 Å². The largest absolute Gasteiger partial charge is 2.00 e. The Kier molecular flexibility index (Phi) is 56.0. The normalized spacial score (nSPS) is 6.73. The third-order valence-electron chi connectivity index (χ3n) is 1.15. The molecular formula is C12H20CaO8Zn. The van der Waals surface area contributed by atoms with Gasteiger partial charge in [0.1, 0.15) is 0 Å². The van der Waals surface area contributed by atoms with Crippen molar-refractivity contribution in [3.8, 4) is 0 Å². The van der Waals surface area contributed by atoms with Crippen molar-refractivity contribution in [2.45, 2.75) is 53.4 Å². The van der Waals surface area contributed by atoms with Crippen LogP contribution in [-0.2, 0) is 38.7 Å². The van der Waals surface area contributed by atoms with Gasteiger partial charge in [-0.05, 0) is 25.7 Å². The zero-order chi connectivity index (χ0) is 17.1. The monoisotopic (exact) mass is 396 g/mol. The van der Waals surface area contributed by atoms with Crippen molar-refractivity contribution >= 4 is 61.6 Å². The van der Waals surface area contributed by atoms with E-state index in [4.69, 9.17) is 0 Å². The van der Waals surface area contributed by atoms with E-state index in [9.17, 15) is 39.6 Å². The minimum absolute atomic E-state index is 0. The van der Waals surface area contributed by atoms with Crippen LogP contribution in [0.4, 0.5) is 0 Å². The van der Waals surface area contributed by atoms with E-state index in [2.05, 4.69) is 0 Å². The number of carboxylic acid groups (broad SMARTS) is 4. The molecule has 0 aliphatic rings. The molecule has 0 amide bonds. The standard InChI is InChI=1S/4C3H6O2.Ca.Zn/c4*1-2-3(4)5;;/h4*2H2,1H3,(H,4,5);;/q;;;;2*+2/p-4. The molecule has 0 heterocycles. The molecule has 0 fully saturated rings. The van der Waals surface area contributed by atoms with E-state index in [1.807, 2.05) is 0 Å². The van der Waals surface area contributed by atoms with Crippen LogP contribution >= 0.6 is 0 Å². The summed E-state index contributed by atoms with van der Waals surface area (Å²) in [4.78, 5) is 37.0. The summed E-state index contributed by atoms with van der Waals surface area (Å²) in [6.07, 6.45) is 0.444. The summed E-state index contributed by atoms with van der Waals surface area (Å²) in [5.41, 5.74) is 0. The first kappa shape index (κ1) is 37.8. The first-order chi connectivity index (χ1) is 9.08. The van der Waals surface area contributed by atoms with Crippen LogP contribution in [0.5, 0.6) is 0 Å². The van der Waals surface area contributed by atoms with Crippen molar-refractivity contribution in [3.63, 3.8) is 0 Å². The maximum atomic E-state index is 9.26. The molecule has 0 aliphatic carbocycles. The molecule has 0 aromatic heterocycles. The average molecular weight is 398 g/mol. The Morgan fingerprint density at radius 3 is 0.591 bits per heavy atom. The van der Waals surface area contributed by atoms with E-state index in [1.54, 1.807) is 0 Å². The van der Waals surface area contributed by atoms with Gasteiger partial charge in [0.2, 0.25) is 0 Å². The first-order valence-electron chi connectivity index (χ1n) is 5.88. The van der Waals surface area contributed by atoms with Crippen LogP contribution in [0, 0.1) is 0 Å². The Balaban J connectivity index is -0.0000000376. The van der Waals surface area contributed by atoms with Crippen LogP contribution < -0.4 is 20.4 Å². The molecule has 0 aliphatic heterocycles. The summed E-state index contributed by atoms with van der Waals surface area (Å²) in [7, 11) is 0. The number of carboxylic acids is 4. The Labute approximate surface area is 173 Å². The fourth-order valence-electron chi connectivity index (χ4n) is 0. The van der Waals surface area contributed by atoms with Gasteiger partial charge in [-0.1, -0.05) is 27.7 Å². The van der Waals surface area contributed by atoms with Gasteiger partial charge in [0.05, 0.1) is 0 Å². The van der Waals surface area contributed by atoms with E-state index in [0.717, 1.165) is 0 Å². The summed E-state index contributed by atoms with van der Waals surface area (Å²) in [5.74, 6) is -3.98. The summed E-state index contributed by atoms with van der Waals surface area (Å²) >= 11 is 0. The molecule has 0 unspecified atom stereocenters. The van der Waals surface area contributed by atoms with Gasteiger partial charge in [-0.15, -0.1) is 0 Å². The molecule has 0 atom stereocenters. The molecule has 0 bridgehead atoms. The van der Waals surface area contributed by atoms with Crippen LogP contribution in [0.2, 0.25) is 0 Å². The second-order valence-corrected chi connectivity index (χ2v) is 2.90. The minimum atomic E-state index is -0.995. The van der Waals surface area contributed by atoms with Crippen LogP contribution in [0.15, 0.2) is 0 Å². The SMILES string of the molecule is CCC(=O)[O-].CCC(=O)[O-].CCC(=O)[O-].CCC(=O)[O-].[Ca+2].[Zn+2]. The van der Waals surface area contributed by atoms with Gasteiger partial charge in [0.25, 0.3) is 0 Å². The van der Waals surface area contributed by atoms with Crippen LogP contribution in [0.1, 0.15) is 53.4 Å². The van der Waals surface area contributed by atoms with Gasteiger partial charge in [0.15, 0.2) is 0 Å². The minimum Gasteiger partial charge on any atom is -0.550 e. The summed E-state index contributed by atoms with van der Waals surface area (Å²) in [5, 5.41) is 37.0. The molecule has 120 valence electrons. The third kappa shape index (κ3) is 115. The molecular weight excluding hydrogens is 378 g/mol. The number of rotatable bonds is 4. The average Bonchev–Trinajstić information content (AvgIpc) is 2.40. The molecule has 8 nitrogen and oxygen atoms in total. The molecule has 22 heavy (non-hydrogen) atoms. The predicted molar refractivity (Wildman–Crippen MR) is 66.9 cm³/mol. The second kappa shape index (κ2) is 32.6. The van der Waals surface area contributed by atoms with Gasteiger partial charge in [0, 0.05) is 23.9 Å². The van der Waals surface area contributed by atoms with E-state index >= 15 is 0 Å². The summed E-state index contributed by atoms with van der Waals surface area (Å²) in [6, 6.07) is 0. The Bertz CT molecular complexity index is 228. The number of hydrogen-bond acceptors (Lipinski definition) is 8. The molecule has 0 radical (unpaired) electrons. The molecule has 0 spiro atoms. The smallest absolute Gasteiger partial charge is 0.550 e. The van der Waals surface area contributed by atoms with Crippen LogP contribution in [0.3, 0.4) is 0 Å². The van der Waals surface area contributed by atoms with E-state index in [0.29, 0.717) is 0 Å². The molecule has 0 N–H and O–H groups in total. The van der Waals surface area contributed by atoms with Crippen molar-refractivity contribution in [2.24, 2.45) is 0 Å². The van der Waals surface area contributed by atoms with Crippen molar-refractivity contribution in [2.75, 3.05) is 0 Å². The number of carbonyl (C=O) groups is 4. The molecule has 0 rings (SSSR count). The molecule has 0 aromatic rings. The van der Waals surface area contributed by atoms with Gasteiger partial charge < -0.3 is 39.6 Å². The summed E-state index contributed by atoms with van der Waals surface area (Å²) in [6.45, 7) is 6.15. The van der Waals surface area contributed by atoms with Crippen molar-refractivity contribution < 1.29 is 59.1 Å². The Hall–Kier alpha value is -0.237. The number of hydrogen-bond donors (Lipinski definition) is 0. The fourth-order valence-corrected chi connectivity index (χ4v) is 0. The van der Waals surface area contributed by atoms with E-state index in [1.165, 1.54) is 27.7 Å². The van der Waals surface area contributed by atoms with Gasteiger partial charge in [-0.25, -0.2) is 0 Å². The van der Waals surface area contributed by atoms with Gasteiger partial charge in [-0.3, -0.25) is 0 Å². The number of carbonyl (C=O) groups excluding carboxylic acids is 4. The maximum absolute atomic E-state index is 9.26. The quantitative estimate of drug-likeness (QED) is 0.436. The Morgan fingerprint density at radius 2 is 0.591 bits per heavy atom. The zero-order valence-electron chi connectivity index (χ0n) is 13.5. The van der Waals surface area contributed by atoms with Gasteiger partial charge in [-0.2, -0.15) is 0 Å². The third-order valence-corrected chi connectivity index (χ3v) is 1.15. The first-order valence-corrected chi connectivity index (χ1v) is 5.88. The van der Waals surface area contributed by atoms with E-state index in [-0.39, 0.29) is 82.9 Å². The number of aliphatic carboxylic acids is 4. The van der Waals surface area contributed by atoms with Gasteiger partial charge >= 0.3 is 57.2 Å². The second-order valence-electron chi connectivity index (χ2n) is 2.90. The Morgan fingerprint density at radius 1 is 0.545 bits per heavy atom. The summed E-state index contributed by atoms with van der Waals surface area (Å²) < 4.78 is 0. The predicted octanol–water partition coefficient (Wildman–Crippen LogP) is -3.80. The maximum Gasteiger partial charge on any atom is 2.00 e. The molecule has 0 saturated carbocycles. The van der Waals surface area contributed by atoms with Crippen molar-refractivity contribution in [1.29, 1.82) is 0 Å². The van der Waals surface area contributed by atoms with Crippen LogP contribution in [0.25, 0.3) is 0 Å². The van der Waals surface area contributed by atoms with E-state index < -0.39 is 23.9 Å². The topological polar surface area (TPSA) is 161 Å². The zero-order valence-corrected chi connectivity index (χ0v) is 18.7. The van der Waals surface area contributed by atoms with Crippen molar-refractivity contribution in [3.05, 3.63) is 0 Å². The van der Waals surface area contributed by atoms with Crippen molar-refractivity contribution in [1.82, 2.24) is 0 Å².